The highest BCUT2D eigenvalue weighted by molar-refractivity contribution is 5.95. The predicted molar refractivity (Wildman–Crippen MR) is 56.1 cm³/mol. The van der Waals surface area contributed by atoms with Crippen LogP contribution in [0.25, 0.3) is 0 Å². The van der Waals surface area contributed by atoms with Gasteiger partial charge in [0, 0.05) is 25.3 Å². The fourth-order valence-electron chi connectivity index (χ4n) is 1.74. The molecule has 0 aromatic heterocycles. The highest BCUT2D eigenvalue weighted by Gasteiger charge is 2.25. The van der Waals surface area contributed by atoms with Crippen LogP contribution in [-0.4, -0.2) is 25.0 Å². The number of hydrogen-bond acceptors (Lipinski definition) is 2. The molecule has 0 aliphatic carbocycles. The summed E-state index contributed by atoms with van der Waals surface area (Å²) >= 11 is 0. The molecule has 2 N–H and O–H groups in total. The Balaban J connectivity index is 2.56. The predicted octanol–water partition coefficient (Wildman–Crippen LogP) is 1.27. The van der Waals surface area contributed by atoms with Crippen LogP contribution in [0.4, 0.5) is 16.2 Å². The lowest BCUT2D eigenvalue weighted by atomic mass is 10.1. The van der Waals surface area contributed by atoms with Gasteiger partial charge in [-0.05, 0) is 12.1 Å². The minimum atomic E-state index is 0.00287. The van der Waals surface area contributed by atoms with E-state index >= 15 is 0 Å². The monoisotopic (exact) mass is 191 g/mol. The SMILES string of the molecule is CN1Cc2c(N)cccc2N(C)C1=O. The Hall–Kier alpha value is -1.71. The van der Waals surface area contributed by atoms with Crippen LogP contribution in [0.2, 0.25) is 0 Å². The second kappa shape index (κ2) is 2.90. The quantitative estimate of drug-likeness (QED) is 0.628. The second-order valence-corrected chi connectivity index (χ2v) is 3.54. The number of nitrogen functional groups attached to an aromatic ring is 1. The largest absolute Gasteiger partial charge is 0.398 e. The van der Waals surface area contributed by atoms with E-state index < -0.39 is 0 Å². The lowest BCUT2D eigenvalue weighted by Crippen LogP contribution is -2.43. The molecule has 1 aromatic carbocycles. The first-order valence-electron chi connectivity index (χ1n) is 4.47. The molecule has 1 aromatic rings. The molecule has 0 bridgehead atoms. The van der Waals surface area contributed by atoms with E-state index in [0.29, 0.717) is 6.54 Å². The fraction of sp³-hybridized carbons (Fsp3) is 0.300. The van der Waals surface area contributed by atoms with Crippen molar-refractivity contribution in [3.05, 3.63) is 23.8 Å². The molecular weight excluding hydrogens is 178 g/mol. The number of carbonyl (C=O) groups is 1. The van der Waals surface area contributed by atoms with Crippen LogP contribution in [0, 0.1) is 0 Å². The van der Waals surface area contributed by atoms with Crippen LogP contribution >= 0.6 is 0 Å². The van der Waals surface area contributed by atoms with E-state index in [2.05, 4.69) is 0 Å². The molecular formula is C10H13N3O. The van der Waals surface area contributed by atoms with Gasteiger partial charge in [0.05, 0.1) is 12.2 Å². The van der Waals surface area contributed by atoms with E-state index in [0.717, 1.165) is 16.9 Å². The zero-order chi connectivity index (χ0) is 10.3. The van der Waals surface area contributed by atoms with Crippen molar-refractivity contribution in [2.75, 3.05) is 24.7 Å². The van der Waals surface area contributed by atoms with Crippen molar-refractivity contribution in [3.8, 4) is 0 Å². The van der Waals surface area contributed by atoms with Crippen LogP contribution in [-0.2, 0) is 6.54 Å². The molecule has 1 heterocycles. The number of anilines is 2. The van der Waals surface area contributed by atoms with Gasteiger partial charge in [0.15, 0.2) is 0 Å². The van der Waals surface area contributed by atoms with Crippen molar-refractivity contribution in [2.24, 2.45) is 0 Å². The topological polar surface area (TPSA) is 49.6 Å². The van der Waals surface area contributed by atoms with Crippen molar-refractivity contribution in [3.63, 3.8) is 0 Å². The number of nitrogens with two attached hydrogens (primary N) is 1. The first kappa shape index (κ1) is 8.87. The Morgan fingerprint density at radius 2 is 2.07 bits per heavy atom. The van der Waals surface area contributed by atoms with Crippen LogP contribution < -0.4 is 10.6 Å². The van der Waals surface area contributed by atoms with Crippen LogP contribution in [0.1, 0.15) is 5.56 Å². The van der Waals surface area contributed by atoms with Gasteiger partial charge >= 0.3 is 6.03 Å². The smallest absolute Gasteiger partial charge is 0.324 e. The Morgan fingerprint density at radius 3 is 2.79 bits per heavy atom. The minimum Gasteiger partial charge on any atom is -0.398 e. The van der Waals surface area contributed by atoms with Crippen molar-refractivity contribution in [1.82, 2.24) is 4.90 Å². The molecule has 74 valence electrons. The number of urea groups is 1. The number of fused-ring (bicyclic) bond motifs is 1. The van der Waals surface area contributed by atoms with E-state index in [1.165, 1.54) is 0 Å². The Bertz CT molecular complexity index is 389. The maximum Gasteiger partial charge on any atom is 0.324 e. The summed E-state index contributed by atoms with van der Waals surface area (Å²) in [6.45, 7) is 0.588. The standard InChI is InChI=1S/C10H13N3O/c1-12-6-7-8(11)4-3-5-9(7)13(2)10(12)14/h3-5H,6,11H2,1-2H3. The summed E-state index contributed by atoms with van der Waals surface area (Å²) < 4.78 is 0. The number of carbonyl (C=O) groups excluding carboxylic acids is 1. The highest BCUT2D eigenvalue weighted by atomic mass is 16.2. The van der Waals surface area contributed by atoms with Gasteiger partial charge in [0.2, 0.25) is 0 Å². The lowest BCUT2D eigenvalue weighted by Gasteiger charge is -2.33. The van der Waals surface area contributed by atoms with Crippen LogP contribution in [0.15, 0.2) is 18.2 Å². The highest BCUT2D eigenvalue weighted by Crippen LogP contribution is 2.30. The summed E-state index contributed by atoms with van der Waals surface area (Å²) in [7, 11) is 3.53. The van der Waals surface area contributed by atoms with Gasteiger partial charge in [0.25, 0.3) is 0 Å². The Kier molecular flexibility index (Phi) is 1.84. The third kappa shape index (κ3) is 1.11. The first-order chi connectivity index (χ1) is 6.61. The molecule has 4 heteroatoms. The summed E-state index contributed by atoms with van der Waals surface area (Å²) in [4.78, 5) is 14.9. The number of hydrogen-bond donors (Lipinski definition) is 1. The van der Waals surface area contributed by atoms with Crippen molar-refractivity contribution >= 4 is 17.4 Å². The number of nitrogens with zero attached hydrogens (tertiary/aromatic N) is 2. The minimum absolute atomic E-state index is 0.00287. The molecule has 0 unspecified atom stereocenters. The summed E-state index contributed by atoms with van der Waals surface area (Å²) in [6, 6.07) is 5.64. The Labute approximate surface area is 82.9 Å². The molecule has 2 amide bonds. The average Bonchev–Trinajstić information content (AvgIpc) is 2.17. The number of benzene rings is 1. The van der Waals surface area contributed by atoms with E-state index in [-0.39, 0.29) is 6.03 Å². The molecule has 1 aliphatic heterocycles. The van der Waals surface area contributed by atoms with Crippen LogP contribution in [0.3, 0.4) is 0 Å². The number of rotatable bonds is 0. The van der Waals surface area contributed by atoms with Gasteiger partial charge in [-0.25, -0.2) is 4.79 Å². The van der Waals surface area contributed by atoms with E-state index in [1.807, 2.05) is 18.2 Å². The Morgan fingerprint density at radius 1 is 1.36 bits per heavy atom. The molecule has 0 saturated heterocycles. The van der Waals surface area contributed by atoms with Crippen molar-refractivity contribution in [2.45, 2.75) is 6.54 Å². The van der Waals surface area contributed by atoms with Gasteiger partial charge in [-0.2, -0.15) is 0 Å². The molecule has 1 aliphatic rings. The maximum absolute atomic E-state index is 11.6. The molecule has 0 fully saturated rings. The molecule has 4 nitrogen and oxygen atoms in total. The molecule has 0 spiro atoms. The molecule has 0 atom stereocenters. The third-order valence-electron chi connectivity index (χ3n) is 2.56. The summed E-state index contributed by atoms with van der Waals surface area (Å²) in [5.41, 5.74) is 8.53. The van der Waals surface area contributed by atoms with E-state index in [4.69, 9.17) is 5.73 Å². The zero-order valence-corrected chi connectivity index (χ0v) is 8.32. The van der Waals surface area contributed by atoms with Gasteiger partial charge in [-0.3, -0.25) is 4.90 Å². The van der Waals surface area contributed by atoms with Crippen molar-refractivity contribution < 1.29 is 4.79 Å². The van der Waals surface area contributed by atoms with Gasteiger partial charge in [-0.15, -0.1) is 0 Å². The molecule has 2 rings (SSSR count). The maximum atomic E-state index is 11.6. The van der Waals surface area contributed by atoms with Gasteiger partial charge < -0.3 is 10.6 Å². The van der Waals surface area contributed by atoms with Crippen molar-refractivity contribution in [1.29, 1.82) is 0 Å². The normalized spacial score (nSPS) is 15.7. The second-order valence-electron chi connectivity index (χ2n) is 3.54. The number of amides is 2. The van der Waals surface area contributed by atoms with Gasteiger partial charge in [-0.1, -0.05) is 6.07 Å². The molecule has 0 saturated carbocycles. The first-order valence-corrected chi connectivity index (χ1v) is 4.47. The lowest BCUT2D eigenvalue weighted by molar-refractivity contribution is 0.212. The summed E-state index contributed by atoms with van der Waals surface area (Å²) in [6.07, 6.45) is 0. The molecule has 14 heavy (non-hydrogen) atoms. The molecule has 0 radical (unpaired) electrons. The zero-order valence-electron chi connectivity index (χ0n) is 8.32. The van der Waals surface area contributed by atoms with E-state index in [9.17, 15) is 4.79 Å². The summed E-state index contributed by atoms with van der Waals surface area (Å²) in [5, 5.41) is 0. The fourth-order valence-corrected chi connectivity index (χ4v) is 1.74. The van der Waals surface area contributed by atoms with Gasteiger partial charge in [0.1, 0.15) is 0 Å². The van der Waals surface area contributed by atoms with E-state index in [1.54, 1.807) is 23.9 Å². The average molecular weight is 191 g/mol. The van der Waals surface area contributed by atoms with Crippen LogP contribution in [0.5, 0.6) is 0 Å². The summed E-state index contributed by atoms with van der Waals surface area (Å²) in [5.74, 6) is 0. The third-order valence-corrected chi connectivity index (χ3v) is 2.56.